The summed E-state index contributed by atoms with van der Waals surface area (Å²) in [6.45, 7) is 1.77. The van der Waals surface area contributed by atoms with Crippen LogP contribution in [0.1, 0.15) is 30.4 Å². The molecule has 0 saturated carbocycles. The molecule has 1 aromatic rings. The first-order valence-corrected chi connectivity index (χ1v) is 6.76. The lowest BCUT2D eigenvalue weighted by atomic mass is 9.94. The maximum atomic E-state index is 8.94. The Bertz CT molecular complexity index is 488. The standard InChI is InChI=1S/C16H20N2O/c1-19-16-8-7-14(10-17)9-15(16)12-18-11-13-5-3-2-4-6-13/h2-3,7-9,13,18H,4-6,11-12H2,1H3. The summed E-state index contributed by atoms with van der Waals surface area (Å²) < 4.78 is 5.33. The quantitative estimate of drug-likeness (QED) is 0.824. The first-order chi connectivity index (χ1) is 9.33. The molecule has 2 rings (SSSR count). The number of allylic oxidation sites excluding steroid dienone is 2. The van der Waals surface area contributed by atoms with Gasteiger partial charge in [0, 0.05) is 12.1 Å². The molecule has 0 amide bonds. The Balaban J connectivity index is 1.91. The van der Waals surface area contributed by atoms with E-state index in [0.717, 1.165) is 30.3 Å². The monoisotopic (exact) mass is 256 g/mol. The summed E-state index contributed by atoms with van der Waals surface area (Å²) >= 11 is 0. The molecule has 1 aliphatic carbocycles. The number of methoxy groups -OCH3 is 1. The second kappa shape index (κ2) is 6.96. The number of rotatable bonds is 5. The zero-order chi connectivity index (χ0) is 13.5. The Kier molecular flexibility index (Phi) is 5.00. The van der Waals surface area contributed by atoms with Gasteiger partial charge in [0.2, 0.25) is 0 Å². The maximum Gasteiger partial charge on any atom is 0.123 e. The lowest BCUT2D eigenvalue weighted by Gasteiger charge is -2.18. The van der Waals surface area contributed by atoms with E-state index in [1.165, 1.54) is 19.3 Å². The molecule has 0 bridgehead atoms. The Morgan fingerprint density at radius 1 is 1.42 bits per heavy atom. The van der Waals surface area contributed by atoms with Gasteiger partial charge in [0.15, 0.2) is 0 Å². The van der Waals surface area contributed by atoms with E-state index in [2.05, 4.69) is 23.5 Å². The van der Waals surface area contributed by atoms with Crippen molar-refractivity contribution in [2.45, 2.75) is 25.8 Å². The summed E-state index contributed by atoms with van der Waals surface area (Å²) in [7, 11) is 1.66. The van der Waals surface area contributed by atoms with Gasteiger partial charge in [-0.25, -0.2) is 0 Å². The molecule has 19 heavy (non-hydrogen) atoms. The molecule has 0 radical (unpaired) electrons. The molecule has 0 spiro atoms. The van der Waals surface area contributed by atoms with Crippen molar-refractivity contribution in [3.05, 3.63) is 41.5 Å². The summed E-state index contributed by atoms with van der Waals surface area (Å²) in [6, 6.07) is 7.71. The predicted octanol–water partition coefficient (Wildman–Crippen LogP) is 3.01. The van der Waals surface area contributed by atoms with E-state index >= 15 is 0 Å². The minimum atomic E-state index is 0.679. The van der Waals surface area contributed by atoms with E-state index in [1.54, 1.807) is 13.2 Å². The third-order valence-corrected chi connectivity index (χ3v) is 3.54. The molecule has 1 unspecified atom stereocenters. The number of benzene rings is 1. The molecule has 0 aromatic heterocycles. The van der Waals surface area contributed by atoms with Crippen LogP contribution in [-0.4, -0.2) is 13.7 Å². The minimum Gasteiger partial charge on any atom is -0.496 e. The lowest BCUT2D eigenvalue weighted by Crippen LogP contribution is -2.23. The van der Waals surface area contributed by atoms with Crippen molar-refractivity contribution in [3.63, 3.8) is 0 Å². The van der Waals surface area contributed by atoms with Gasteiger partial charge in [-0.05, 0) is 49.9 Å². The van der Waals surface area contributed by atoms with Crippen LogP contribution in [0.5, 0.6) is 5.75 Å². The van der Waals surface area contributed by atoms with Gasteiger partial charge in [-0.15, -0.1) is 0 Å². The molecule has 0 aliphatic heterocycles. The highest BCUT2D eigenvalue weighted by Crippen LogP contribution is 2.20. The zero-order valence-electron chi connectivity index (χ0n) is 11.4. The highest BCUT2D eigenvalue weighted by atomic mass is 16.5. The Morgan fingerprint density at radius 2 is 2.32 bits per heavy atom. The predicted molar refractivity (Wildman–Crippen MR) is 75.9 cm³/mol. The average molecular weight is 256 g/mol. The maximum absolute atomic E-state index is 8.94. The fourth-order valence-corrected chi connectivity index (χ4v) is 2.44. The summed E-state index contributed by atoms with van der Waals surface area (Å²) in [4.78, 5) is 0. The van der Waals surface area contributed by atoms with Gasteiger partial charge in [0.05, 0.1) is 18.7 Å². The summed E-state index contributed by atoms with van der Waals surface area (Å²) in [5, 5.41) is 12.4. The largest absolute Gasteiger partial charge is 0.496 e. The van der Waals surface area contributed by atoms with Crippen molar-refractivity contribution in [3.8, 4) is 11.8 Å². The van der Waals surface area contributed by atoms with Gasteiger partial charge in [-0.2, -0.15) is 5.26 Å². The van der Waals surface area contributed by atoms with Crippen molar-refractivity contribution < 1.29 is 4.74 Å². The molecule has 0 fully saturated rings. The van der Waals surface area contributed by atoms with Crippen LogP contribution in [0.3, 0.4) is 0 Å². The van der Waals surface area contributed by atoms with Crippen molar-refractivity contribution in [1.29, 1.82) is 5.26 Å². The molecule has 3 heteroatoms. The van der Waals surface area contributed by atoms with Crippen LogP contribution in [0.4, 0.5) is 0 Å². The van der Waals surface area contributed by atoms with Crippen molar-refractivity contribution in [2.24, 2.45) is 5.92 Å². The van der Waals surface area contributed by atoms with Crippen LogP contribution in [0.15, 0.2) is 30.4 Å². The van der Waals surface area contributed by atoms with E-state index in [-0.39, 0.29) is 0 Å². The third-order valence-electron chi connectivity index (χ3n) is 3.54. The fourth-order valence-electron chi connectivity index (χ4n) is 2.44. The van der Waals surface area contributed by atoms with Crippen LogP contribution >= 0.6 is 0 Å². The molecule has 1 atom stereocenters. The van der Waals surface area contributed by atoms with E-state index in [1.807, 2.05) is 12.1 Å². The molecular formula is C16H20N2O. The number of nitrogens with one attached hydrogen (secondary N) is 1. The van der Waals surface area contributed by atoms with Gasteiger partial charge in [0.25, 0.3) is 0 Å². The van der Waals surface area contributed by atoms with Crippen molar-refractivity contribution >= 4 is 0 Å². The third kappa shape index (κ3) is 3.84. The van der Waals surface area contributed by atoms with Crippen molar-refractivity contribution in [2.75, 3.05) is 13.7 Å². The Labute approximate surface area is 114 Å². The molecule has 3 nitrogen and oxygen atoms in total. The molecular weight excluding hydrogens is 236 g/mol. The first kappa shape index (κ1) is 13.6. The highest BCUT2D eigenvalue weighted by Gasteiger charge is 2.10. The van der Waals surface area contributed by atoms with Crippen LogP contribution in [0, 0.1) is 17.2 Å². The summed E-state index contributed by atoms with van der Waals surface area (Å²) in [6.07, 6.45) is 8.16. The van der Waals surface area contributed by atoms with Crippen molar-refractivity contribution in [1.82, 2.24) is 5.32 Å². The second-order valence-corrected chi connectivity index (χ2v) is 4.92. The van der Waals surface area contributed by atoms with E-state index in [4.69, 9.17) is 10.00 Å². The van der Waals surface area contributed by atoms with E-state index in [0.29, 0.717) is 5.56 Å². The van der Waals surface area contributed by atoms with Gasteiger partial charge in [-0.3, -0.25) is 0 Å². The zero-order valence-corrected chi connectivity index (χ0v) is 11.4. The SMILES string of the molecule is COc1ccc(C#N)cc1CNCC1CC=CCC1. The molecule has 100 valence electrons. The van der Waals surface area contributed by atoms with E-state index < -0.39 is 0 Å². The topological polar surface area (TPSA) is 45.0 Å². The number of ether oxygens (including phenoxy) is 1. The smallest absolute Gasteiger partial charge is 0.123 e. The van der Waals surface area contributed by atoms with Gasteiger partial charge in [0.1, 0.15) is 5.75 Å². The van der Waals surface area contributed by atoms with E-state index in [9.17, 15) is 0 Å². The van der Waals surface area contributed by atoms with Crippen LogP contribution < -0.4 is 10.1 Å². The molecule has 1 aromatic carbocycles. The molecule has 1 N–H and O–H groups in total. The molecule has 1 aliphatic rings. The van der Waals surface area contributed by atoms with Crippen LogP contribution in [0.2, 0.25) is 0 Å². The average Bonchev–Trinajstić information content (AvgIpc) is 2.48. The van der Waals surface area contributed by atoms with Gasteiger partial charge >= 0.3 is 0 Å². The first-order valence-electron chi connectivity index (χ1n) is 6.76. The highest BCUT2D eigenvalue weighted by molar-refractivity contribution is 5.41. The van der Waals surface area contributed by atoms with Crippen LogP contribution in [0.25, 0.3) is 0 Å². The van der Waals surface area contributed by atoms with Gasteiger partial charge in [-0.1, -0.05) is 12.2 Å². The van der Waals surface area contributed by atoms with Crippen LogP contribution in [-0.2, 0) is 6.54 Å². The van der Waals surface area contributed by atoms with Gasteiger partial charge < -0.3 is 10.1 Å². The molecule has 0 saturated heterocycles. The number of hydrogen-bond acceptors (Lipinski definition) is 3. The normalized spacial score (nSPS) is 18.0. The summed E-state index contributed by atoms with van der Waals surface area (Å²) in [5.74, 6) is 1.57. The number of hydrogen-bond donors (Lipinski definition) is 1. The minimum absolute atomic E-state index is 0.679. The summed E-state index contributed by atoms with van der Waals surface area (Å²) in [5.41, 5.74) is 1.73. The molecule has 0 heterocycles. The number of nitrogens with zero attached hydrogens (tertiary/aromatic N) is 1. The Hall–Kier alpha value is -1.79. The fraction of sp³-hybridized carbons (Fsp3) is 0.438. The Morgan fingerprint density at radius 3 is 3.00 bits per heavy atom. The number of nitriles is 1. The lowest BCUT2D eigenvalue weighted by molar-refractivity contribution is 0.402. The second-order valence-electron chi connectivity index (χ2n) is 4.92.